The highest BCUT2D eigenvalue weighted by molar-refractivity contribution is 7.85. The van der Waals surface area contributed by atoms with E-state index in [4.69, 9.17) is 5.73 Å². The molecule has 1 amide bonds. The van der Waals surface area contributed by atoms with Gasteiger partial charge in [0.1, 0.15) is 5.75 Å². The van der Waals surface area contributed by atoms with Gasteiger partial charge in [-0.25, -0.2) is 0 Å². The van der Waals surface area contributed by atoms with Crippen LogP contribution in [-0.4, -0.2) is 33.2 Å². The summed E-state index contributed by atoms with van der Waals surface area (Å²) >= 11 is 0. The van der Waals surface area contributed by atoms with Crippen LogP contribution < -0.4 is 11.1 Å². The lowest BCUT2D eigenvalue weighted by molar-refractivity contribution is -0.120. The molecule has 2 unspecified atom stereocenters. The topological polar surface area (TPSA) is 72.2 Å². The molecular weight excluding hydrogens is 224 g/mol. The normalized spacial score (nSPS) is 15.6. The van der Waals surface area contributed by atoms with Crippen molar-refractivity contribution in [2.45, 2.75) is 52.1 Å². The van der Waals surface area contributed by atoms with E-state index in [0.29, 0.717) is 12.2 Å². The summed E-state index contributed by atoms with van der Waals surface area (Å²) in [5.41, 5.74) is 5.34. The Labute approximate surface area is 101 Å². The van der Waals surface area contributed by atoms with Gasteiger partial charge in [-0.05, 0) is 33.6 Å². The second-order valence-corrected chi connectivity index (χ2v) is 6.42. The third kappa shape index (κ3) is 7.82. The van der Waals surface area contributed by atoms with Gasteiger partial charge in [0.25, 0.3) is 0 Å². The number of hydrogen-bond donors (Lipinski definition) is 2. The molecule has 0 saturated carbocycles. The minimum atomic E-state index is -1.10. The molecule has 0 aromatic carbocycles. The monoisotopic (exact) mass is 248 g/mol. The van der Waals surface area contributed by atoms with Crippen molar-refractivity contribution in [2.24, 2.45) is 5.73 Å². The Hall–Kier alpha value is -0.420. The SMILES string of the molecule is CCC(C)(C)NC(=O)CS(=O)CCC(C)N. The zero-order valence-corrected chi connectivity index (χ0v) is 11.5. The summed E-state index contributed by atoms with van der Waals surface area (Å²) in [7, 11) is -1.10. The molecule has 5 heteroatoms. The fourth-order valence-corrected chi connectivity index (χ4v) is 2.18. The van der Waals surface area contributed by atoms with Crippen LogP contribution in [-0.2, 0) is 15.6 Å². The third-order valence-electron chi connectivity index (χ3n) is 2.45. The smallest absolute Gasteiger partial charge is 0.233 e. The van der Waals surface area contributed by atoms with Crippen molar-refractivity contribution >= 4 is 16.7 Å². The summed E-state index contributed by atoms with van der Waals surface area (Å²) in [6.45, 7) is 7.79. The quantitative estimate of drug-likeness (QED) is 0.699. The number of nitrogens with two attached hydrogens (primary N) is 1. The van der Waals surface area contributed by atoms with E-state index in [1.807, 2.05) is 27.7 Å². The summed E-state index contributed by atoms with van der Waals surface area (Å²) in [5, 5.41) is 2.86. The summed E-state index contributed by atoms with van der Waals surface area (Å²) in [4.78, 5) is 11.5. The number of nitrogens with one attached hydrogen (secondary N) is 1. The highest BCUT2D eigenvalue weighted by atomic mass is 32.2. The second-order valence-electron chi connectivity index (χ2n) is 4.84. The Kier molecular flexibility index (Phi) is 6.83. The minimum Gasteiger partial charge on any atom is -0.350 e. The molecular formula is C11H24N2O2S. The molecule has 0 fully saturated rings. The molecule has 0 aliphatic heterocycles. The summed E-state index contributed by atoms with van der Waals surface area (Å²) in [6, 6.07) is 0.0408. The standard InChI is InChI=1S/C11H24N2O2S/c1-5-11(3,4)13-10(14)8-16(15)7-6-9(2)12/h9H,5-8,12H2,1-4H3,(H,13,14). The number of carbonyl (C=O) groups excluding carboxylic acids is 1. The van der Waals surface area contributed by atoms with Crippen LogP contribution in [0.5, 0.6) is 0 Å². The lowest BCUT2D eigenvalue weighted by Gasteiger charge is -2.24. The lowest BCUT2D eigenvalue weighted by Crippen LogP contribution is -2.44. The Morgan fingerprint density at radius 1 is 1.50 bits per heavy atom. The summed E-state index contributed by atoms with van der Waals surface area (Å²) < 4.78 is 11.5. The van der Waals surface area contributed by atoms with Crippen molar-refractivity contribution in [2.75, 3.05) is 11.5 Å². The fourth-order valence-electron chi connectivity index (χ4n) is 1.04. The number of carbonyl (C=O) groups is 1. The molecule has 4 nitrogen and oxygen atoms in total. The summed E-state index contributed by atoms with van der Waals surface area (Å²) in [5.74, 6) is 0.434. The van der Waals surface area contributed by atoms with E-state index in [0.717, 1.165) is 6.42 Å². The van der Waals surface area contributed by atoms with Gasteiger partial charge in [-0.15, -0.1) is 0 Å². The Morgan fingerprint density at radius 3 is 2.50 bits per heavy atom. The molecule has 0 spiro atoms. The average Bonchev–Trinajstić information content (AvgIpc) is 2.13. The van der Waals surface area contributed by atoms with Gasteiger partial charge in [0.05, 0.1) is 0 Å². The maximum Gasteiger partial charge on any atom is 0.233 e. The zero-order valence-electron chi connectivity index (χ0n) is 10.7. The first kappa shape index (κ1) is 15.6. The fraction of sp³-hybridized carbons (Fsp3) is 0.909. The number of hydrogen-bond acceptors (Lipinski definition) is 3. The van der Waals surface area contributed by atoms with Crippen LogP contribution in [0.25, 0.3) is 0 Å². The maximum absolute atomic E-state index is 11.5. The van der Waals surface area contributed by atoms with E-state index in [1.54, 1.807) is 0 Å². The van der Waals surface area contributed by atoms with Gasteiger partial charge in [-0.2, -0.15) is 0 Å². The second kappa shape index (κ2) is 7.01. The highest BCUT2D eigenvalue weighted by Gasteiger charge is 2.18. The molecule has 2 atom stereocenters. The Bertz CT molecular complexity index is 252. The van der Waals surface area contributed by atoms with Crippen molar-refractivity contribution in [3.05, 3.63) is 0 Å². The number of rotatable bonds is 7. The maximum atomic E-state index is 11.5. The first-order valence-electron chi connectivity index (χ1n) is 5.68. The van der Waals surface area contributed by atoms with Gasteiger partial charge >= 0.3 is 0 Å². The van der Waals surface area contributed by atoms with E-state index < -0.39 is 10.8 Å². The van der Waals surface area contributed by atoms with Crippen LogP contribution in [0, 0.1) is 0 Å². The molecule has 0 aromatic heterocycles. The molecule has 0 radical (unpaired) electrons. The largest absolute Gasteiger partial charge is 0.350 e. The van der Waals surface area contributed by atoms with Crippen LogP contribution in [0.1, 0.15) is 40.5 Å². The van der Waals surface area contributed by atoms with E-state index >= 15 is 0 Å². The Morgan fingerprint density at radius 2 is 2.06 bits per heavy atom. The van der Waals surface area contributed by atoms with E-state index in [1.165, 1.54) is 0 Å². The molecule has 0 bridgehead atoms. The van der Waals surface area contributed by atoms with Crippen molar-refractivity contribution in [3.63, 3.8) is 0 Å². The van der Waals surface area contributed by atoms with Gasteiger partial charge < -0.3 is 11.1 Å². The van der Waals surface area contributed by atoms with Gasteiger partial charge in [0.2, 0.25) is 5.91 Å². The summed E-state index contributed by atoms with van der Waals surface area (Å²) in [6.07, 6.45) is 1.54. The van der Waals surface area contributed by atoms with Gasteiger partial charge in [-0.1, -0.05) is 6.92 Å². The van der Waals surface area contributed by atoms with Crippen LogP contribution >= 0.6 is 0 Å². The minimum absolute atomic E-state index is 0.0408. The predicted octanol–water partition coefficient (Wildman–Crippen LogP) is 0.777. The Balaban J connectivity index is 3.92. The van der Waals surface area contributed by atoms with Crippen LogP contribution in [0.2, 0.25) is 0 Å². The highest BCUT2D eigenvalue weighted by Crippen LogP contribution is 2.06. The zero-order chi connectivity index (χ0) is 12.8. The molecule has 0 aromatic rings. The first-order chi connectivity index (χ1) is 7.26. The predicted molar refractivity (Wildman–Crippen MR) is 68.7 cm³/mol. The van der Waals surface area contributed by atoms with Crippen LogP contribution in [0.3, 0.4) is 0 Å². The van der Waals surface area contributed by atoms with Crippen LogP contribution in [0.15, 0.2) is 0 Å². The molecule has 0 heterocycles. The lowest BCUT2D eigenvalue weighted by atomic mass is 10.0. The van der Waals surface area contributed by atoms with Crippen molar-refractivity contribution in [3.8, 4) is 0 Å². The molecule has 0 rings (SSSR count). The first-order valence-corrected chi connectivity index (χ1v) is 7.17. The molecule has 0 aliphatic carbocycles. The van der Waals surface area contributed by atoms with Crippen molar-refractivity contribution < 1.29 is 9.00 Å². The molecule has 3 N–H and O–H groups in total. The van der Waals surface area contributed by atoms with E-state index in [2.05, 4.69) is 5.32 Å². The molecule has 0 saturated heterocycles. The van der Waals surface area contributed by atoms with E-state index in [-0.39, 0.29) is 23.2 Å². The van der Waals surface area contributed by atoms with Crippen molar-refractivity contribution in [1.82, 2.24) is 5.32 Å². The molecule has 16 heavy (non-hydrogen) atoms. The number of amides is 1. The van der Waals surface area contributed by atoms with Crippen LogP contribution in [0.4, 0.5) is 0 Å². The van der Waals surface area contributed by atoms with E-state index in [9.17, 15) is 9.00 Å². The van der Waals surface area contributed by atoms with Gasteiger partial charge in [-0.3, -0.25) is 9.00 Å². The molecule has 0 aliphatic rings. The third-order valence-corrected chi connectivity index (χ3v) is 3.73. The molecule has 96 valence electrons. The average molecular weight is 248 g/mol. The van der Waals surface area contributed by atoms with Gasteiger partial charge in [0, 0.05) is 28.1 Å². The van der Waals surface area contributed by atoms with Crippen molar-refractivity contribution in [1.29, 1.82) is 0 Å². The van der Waals surface area contributed by atoms with Gasteiger partial charge in [0.15, 0.2) is 0 Å².